The Hall–Kier alpha value is -3.10. The summed E-state index contributed by atoms with van der Waals surface area (Å²) in [6.45, 7) is 5.43. The lowest BCUT2D eigenvalue weighted by molar-refractivity contribution is -0.130. The van der Waals surface area contributed by atoms with Gasteiger partial charge in [0.15, 0.2) is 10.8 Å². The molecule has 1 aliphatic rings. The van der Waals surface area contributed by atoms with E-state index in [9.17, 15) is 9.59 Å². The molecule has 0 bridgehead atoms. The highest BCUT2D eigenvalue weighted by Crippen LogP contribution is 2.34. The molecule has 0 unspecified atom stereocenters. The van der Waals surface area contributed by atoms with E-state index in [1.165, 1.54) is 18.3 Å². The maximum absolute atomic E-state index is 12.5. The summed E-state index contributed by atoms with van der Waals surface area (Å²) in [4.78, 5) is 35.3. The number of carbonyl (C=O) groups is 2. The Bertz CT molecular complexity index is 1240. The number of carbonyl (C=O) groups excluding carboxylic acids is 2. The van der Waals surface area contributed by atoms with Gasteiger partial charge in [-0.1, -0.05) is 30.3 Å². The zero-order valence-corrected chi connectivity index (χ0v) is 19.5. The van der Waals surface area contributed by atoms with Crippen molar-refractivity contribution < 1.29 is 14.3 Å². The van der Waals surface area contributed by atoms with Gasteiger partial charge in [0.1, 0.15) is 0 Å². The molecule has 0 spiro atoms. The number of amides is 1. The summed E-state index contributed by atoms with van der Waals surface area (Å²) in [5.41, 5.74) is 4.15. The van der Waals surface area contributed by atoms with E-state index < -0.39 is 5.97 Å². The molecule has 0 radical (unpaired) electrons. The number of halogens is 1. The maximum Gasteiger partial charge on any atom is 0.363 e. The Labute approximate surface area is 192 Å². The first-order chi connectivity index (χ1) is 14.8. The third-order valence-electron chi connectivity index (χ3n) is 4.69. The molecule has 4 rings (SSSR count). The lowest BCUT2D eigenvalue weighted by atomic mass is 10.1. The number of anilines is 2. The van der Waals surface area contributed by atoms with Crippen LogP contribution in [0.1, 0.15) is 29.3 Å². The van der Waals surface area contributed by atoms with E-state index in [0.717, 1.165) is 21.3 Å². The largest absolute Gasteiger partial charge is 0.402 e. The average molecular weight is 496 g/mol. The number of aryl methyl sites for hydroxylation is 2. The smallest absolute Gasteiger partial charge is 0.363 e. The molecule has 0 saturated carbocycles. The van der Waals surface area contributed by atoms with E-state index in [2.05, 4.69) is 25.9 Å². The van der Waals surface area contributed by atoms with Gasteiger partial charge in [-0.05, 0) is 59.1 Å². The molecule has 2 aromatic carbocycles. The second-order valence-electron chi connectivity index (χ2n) is 6.97. The number of rotatable bonds is 4. The van der Waals surface area contributed by atoms with E-state index in [4.69, 9.17) is 4.74 Å². The van der Waals surface area contributed by atoms with Gasteiger partial charge >= 0.3 is 5.97 Å². The van der Waals surface area contributed by atoms with E-state index >= 15 is 0 Å². The number of hydrogen-bond acceptors (Lipinski definition) is 6. The highest BCUT2D eigenvalue weighted by atomic mass is 79.9. The van der Waals surface area contributed by atoms with Crippen molar-refractivity contribution in [3.63, 3.8) is 0 Å². The quantitative estimate of drug-likeness (QED) is 0.351. The number of aliphatic imine (C=N–C) groups is 1. The van der Waals surface area contributed by atoms with Crippen LogP contribution in [0.25, 0.3) is 6.08 Å². The van der Waals surface area contributed by atoms with Crippen molar-refractivity contribution in [1.82, 2.24) is 4.98 Å². The monoisotopic (exact) mass is 495 g/mol. The van der Waals surface area contributed by atoms with Crippen LogP contribution in [0, 0.1) is 13.8 Å². The molecule has 1 aliphatic heterocycles. The zero-order valence-electron chi connectivity index (χ0n) is 17.0. The number of esters is 1. The lowest BCUT2D eigenvalue weighted by Crippen LogP contribution is -2.24. The summed E-state index contributed by atoms with van der Waals surface area (Å²) in [6, 6.07) is 13.3. The van der Waals surface area contributed by atoms with Crippen molar-refractivity contribution in [2.75, 3.05) is 4.90 Å². The number of cyclic esters (lactones) is 1. The number of benzene rings is 2. The standard InChI is InChI=1S/C23H18BrN3O3S/c1-13-7-6-8-14(2)20(13)27(15(3)28)23-25-16(12-31-23)11-19-22(29)30-21(26-19)17-9-4-5-10-18(17)24/h4-12H,1-3H3/b19-11-. The summed E-state index contributed by atoms with van der Waals surface area (Å²) in [6.07, 6.45) is 1.56. The van der Waals surface area contributed by atoms with Crippen molar-refractivity contribution in [2.24, 2.45) is 4.99 Å². The van der Waals surface area contributed by atoms with Crippen molar-refractivity contribution in [2.45, 2.75) is 20.8 Å². The van der Waals surface area contributed by atoms with Crippen LogP contribution in [-0.2, 0) is 14.3 Å². The zero-order chi connectivity index (χ0) is 22.1. The average Bonchev–Trinajstić information content (AvgIpc) is 3.32. The van der Waals surface area contributed by atoms with Crippen LogP contribution in [0.2, 0.25) is 0 Å². The van der Waals surface area contributed by atoms with Gasteiger partial charge in [-0.3, -0.25) is 9.69 Å². The van der Waals surface area contributed by atoms with Gasteiger partial charge in [-0.25, -0.2) is 14.8 Å². The summed E-state index contributed by atoms with van der Waals surface area (Å²) in [5.74, 6) is -0.445. The molecule has 1 amide bonds. The number of nitrogens with zero attached hydrogens (tertiary/aromatic N) is 3. The van der Waals surface area contributed by atoms with Crippen LogP contribution in [0.4, 0.5) is 10.8 Å². The van der Waals surface area contributed by atoms with E-state index in [1.807, 2.05) is 56.3 Å². The minimum Gasteiger partial charge on any atom is -0.402 e. The van der Waals surface area contributed by atoms with Crippen molar-refractivity contribution in [3.05, 3.63) is 80.4 Å². The first kappa shape index (κ1) is 21.1. The Morgan fingerprint density at radius 2 is 1.84 bits per heavy atom. The Morgan fingerprint density at radius 1 is 1.13 bits per heavy atom. The van der Waals surface area contributed by atoms with Crippen LogP contribution in [-0.4, -0.2) is 22.8 Å². The van der Waals surface area contributed by atoms with Gasteiger partial charge < -0.3 is 4.74 Å². The summed E-state index contributed by atoms with van der Waals surface area (Å²) in [5, 5.41) is 2.31. The number of aromatic nitrogens is 1. The first-order valence-electron chi connectivity index (χ1n) is 9.45. The molecule has 0 fully saturated rings. The van der Waals surface area contributed by atoms with Crippen LogP contribution >= 0.6 is 27.3 Å². The number of thiazole rings is 1. The van der Waals surface area contributed by atoms with Gasteiger partial charge in [-0.2, -0.15) is 0 Å². The van der Waals surface area contributed by atoms with Crippen LogP contribution in [0.3, 0.4) is 0 Å². The van der Waals surface area contributed by atoms with Crippen molar-refractivity contribution in [1.29, 1.82) is 0 Å². The molecule has 0 atom stereocenters. The van der Waals surface area contributed by atoms with E-state index in [0.29, 0.717) is 16.4 Å². The summed E-state index contributed by atoms with van der Waals surface area (Å²) < 4.78 is 6.11. The number of para-hydroxylation sites is 1. The highest BCUT2D eigenvalue weighted by Gasteiger charge is 2.26. The molecule has 31 heavy (non-hydrogen) atoms. The number of ether oxygens (including phenoxy) is 1. The Kier molecular flexibility index (Phi) is 5.84. The van der Waals surface area contributed by atoms with Gasteiger partial charge in [0, 0.05) is 16.8 Å². The molecule has 3 aromatic rings. The number of hydrogen-bond donors (Lipinski definition) is 0. The molecule has 156 valence electrons. The predicted molar refractivity (Wildman–Crippen MR) is 126 cm³/mol. The van der Waals surface area contributed by atoms with Crippen molar-refractivity contribution in [3.8, 4) is 0 Å². The summed E-state index contributed by atoms with van der Waals surface area (Å²) >= 11 is 4.76. The van der Waals surface area contributed by atoms with Crippen LogP contribution in [0.5, 0.6) is 0 Å². The fourth-order valence-electron chi connectivity index (χ4n) is 3.29. The summed E-state index contributed by atoms with van der Waals surface area (Å²) in [7, 11) is 0. The van der Waals surface area contributed by atoms with Gasteiger partial charge in [0.05, 0.1) is 16.9 Å². The SMILES string of the molecule is CC(=O)N(c1nc(/C=C2\N=C(c3ccccc3Br)OC2=O)cs1)c1c(C)cccc1C. The van der Waals surface area contributed by atoms with Crippen LogP contribution < -0.4 is 4.90 Å². The highest BCUT2D eigenvalue weighted by molar-refractivity contribution is 9.10. The van der Waals surface area contributed by atoms with E-state index in [-0.39, 0.29) is 17.5 Å². The van der Waals surface area contributed by atoms with Gasteiger partial charge in [0.2, 0.25) is 11.8 Å². The second-order valence-corrected chi connectivity index (χ2v) is 8.66. The topological polar surface area (TPSA) is 71.9 Å². The lowest BCUT2D eigenvalue weighted by Gasteiger charge is -2.22. The molecule has 0 saturated heterocycles. The van der Waals surface area contributed by atoms with E-state index in [1.54, 1.807) is 16.4 Å². The predicted octanol–water partition coefficient (Wildman–Crippen LogP) is 5.55. The Balaban J connectivity index is 1.68. The fourth-order valence-corrected chi connectivity index (χ4v) is 4.58. The van der Waals surface area contributed by atoms with Crippen molar-refractivity contribution >= 4 is 61.9 Å². The minimum absolute atomic E-state index is 0.138. The molecule has 0 N–H and O–H groups in total. The minimum atomic E-state index is -0.543. The maximum atomic E-state index is 12.5. The Morgan fingerprint density at radius 3 is 2.52 bits per heavy atom. The second kappa shape index (κ2) is 8.56. The molecular weight excluding hydrogens is 478 g/mol. The molecule has 0 aliphatic carbocycles. The molecule has 8 heteroatoms. The van der Waals surface area contributed by atoms with Crippen LogP contribution in [0.15, 0.2) is 63.0 Å². The molecule has 6 nitrogen and oxygen atoms in total. The molecule has 1 aromatic heterocycles. The third-order valence-corrected chi connectivity index (χ3v) is 6.22. The molecule has 2 heterocycles. The van der Waals surface area contributed by atoms with Gasteiger partial charge in [-0.15, -0.1) is 11.3 Å². The fraction of sp³-hybridized carbons (Fsp3) is 0.130. The van der Waals surface area contributed by atoms with Gasteiger partial charge in [0.25, 0.3) is 0 Å². The third kappa shape index (κ3) is 4.22. The molecular formula is C23H18BrN3O3S. The normalized spacial score (nSPS) is 14.5. The first-order valence-corrected chi connectivity index (χ1v) is 11.1.